The maximum absolute atomic E-state index is 13.2. The Balaban J connectivity index is 2.70. The Hall–Kier alpha value is -1.36. The number of rotatable bonds is 2. The molecule has 0 amide bonds. The van der Waals surface area contributed by atoms with Gasteiger partial charge in [-0.1, -0.05) is 34.8 Å². The van der Waals surface area contributed by atoms with E-state index in [1.54, 1.807) is 0 Å². The molecule has 0 saturated carbocycles. The molecule has 0 unspecified atom stereocenters. The molecule has 0 fully saturated rings. The van der Waals surface area contributed by atoms with Crippen molar-refractivity contribution in [1.29, 1.82) is 0 Å². The fourth-order valence-corrected chi connectivity index (χ4v) is 2.27. The highest BCUT2D eigenvalue weighted by Gasteiger charge is 2.17. The zero-order chi connectivity index (χ0) is 14.2. The van der Waals surface area contributed by atoms with Crippen LogP contribution in [0.5, 0.6) is 0 Å². The summed E-state index contributed by atoms with van der Waals surface area (Å²) in [5.41, 5.74) is 0.0201. The summed E-state index contributed by atoms with van der Waals surface area (Å²) in [6.45, 7) is 0. The molecule has 1 N–H and O–H groups in total. The highest BCUT2D eigenvalue weighted by atomic mass is 35.5. The highest BCUT2D eigenvalue weighted by Crippen LogP contribution is 2.39. The maximum atomic E-state index is 13.2. The molecule has 0 saturated heterocycles. The summed E-state index contributed by atoms with van der Waals surface area (Å²) < 4.78 is 13.2. The molecule has 2 rings (SSSR count). The summed E-state index contributed by atoms with van der Waals surface area (Å²) in [6, 6.07) is 4.12. The van der Waals surface area contributed by atoms with Crippen LogP contribution in [0.1, 0.15) is 10.4 Å². The third-order valence-corrected chi connectivity index (χ3v) is 3.52. The van der Waals surface area contributed by atoms with Crippen molar-refractivity contribution < 1.29 is 14.3 Å². The van der Waals surface area contributed by atoms with Gasteiger partial charge in [0.1, 0.15) is 5.56 Å². The molecule has 0 aliphatic heterocycles. The fraction of sp³-hybridized carbons (Fsp3) is 0. The van der Waals surface area contributed by atoms with Crippen LogP contribution in [0.2, 0.25) is 15.1 Å². The quantitative estimate of drug-likeness (QED) is 0.652. The smallest absolute Gasteiger partial charge is 0.340 e. The average molecular weight is 321 g/mol. The standard InChI is InChI=1S/C12H5Cl3FNO2/c13-7-1-2-8(14)10(15)9(7)5-3-6(12(18)19)11(16)17-4-5/h1-4H,(H,18,19). The van der Waals surface area contributed by atoms with Gasteiger partial charge in [0, 0.05) is 17.3 Å². The van der Waals surface area contributed by atoms with Crippen molar-refractivity contribution in [1.82, 2.24) is 4.98 Å². The van der Waals surface area contributed by atoms with E-state index < -0.39 is 17.5 Å². The number of carboxylic acid groups (broad SMARTS) is 1. The van der Waals surface area contributed by atoms with Gasteiger partial charge >= 0.3 is 5.97 Å². The van der Waals surface area contributed by atoms with Crippen LogP contribution in [0, 0.1) is 5.95 Å². The van der Waals surface area contributed by atoms with E-state index in [0.29, 0.717) is 5.56 Å². The lowest BCUT2D eigenvalue weighted by atomic mass is 10.1. The fourth-order valence-electron chi connectivity index (χ4n) is 1.53. The second kappa shape index (κ2) is 5.33. The molecule has 7 heteroatoms. The van der Waals surface area contributed by atoms with E-state index in [2.05, 4.69) is 4.98 Å². The normalized spacial score (nSPS) is 10.5. The number of carbonyl (C=O) groups is 1. The number of halogens is 4. The molecule has 0 aliphatic rings. The molecule has 0 bridgehead atoms. The molecule has 3 nitrogen and oxygen atoms in total. The first-order chi connectivity index (χ1) is 8.91. The number of pyridine rings is 1. The second-order valence-corrected chi connectivity index (χ2v) is 4.78. The van der Waals surface area contributed by atoms with Gasteiger partial charge < -0.3 is 5.11 Å². The predicted octanol–water partition coefficient (Wildman–Crippen LogP) is 4.55. The number of hydrogen-bond donors (Lipinski definition) is 1. The van der Waals surface area contributed by atoms with Crippen molar-refractivity contribution in [3.63, 3.8) is 0 Å². The van der Waals surface area contributed by atoms with Crippen LogP contribution < -0.4 is 0 Å². The van der Waals surface area contributed by atoms with Crippen molar-refractivity contribution in [3.8, 4) is 11.1 Å². The summed E-state index contributed by atoms with van der Waals surface area (Å²) in [5.74, 6) is -2.51. The first-order valence-electron chi connectivity index (χ1n) is 4.94. The van der Waals surface area contributed by atoms with Gasteiger partial charge in [-0.25, -0.2) is 9.78 Å². The minimum absolute atomic E-state index is 0.152. The number of aromatic nitrogens is 1. The summed E-state index contributed by atoms with van der Waals surface area (Å²) in [7, 11) is 0. The van der Waals surface area contributed by atoms with Gasteiger partial charge in [-0.3, -0.25) is 0 Å². The van der Waals surface area contributed by atoms with Gasteiger partial charge in [-0.15, -0.1) is 0 Å². The van der Waals surface area contributed by atoms with Gasteiger partial charge in [0.15, 0.2) is 0 Å². The molecule has 0 atom stereocenters. The first kappa shape index (κ1) is 14.1. The number of nitrogens with zero attached hydrogens (tertiary/aromatic N) is 1. The molecule has 19 heavy (non-hydrogen) atoms. The van der Waals surface area contributed by atoms with Crippen molar-refractivity contribution in [3.05, 3.63) is 51.0 Å². The van der Waals surface area contributed by atoms with Crippen molar-refractivity contribution in [2.75, 3.05) is 0 Å². The Bertz CT molecular complexity index is 676. The average Bonchev–Trinajstić information content (AvgIpc) is 2.36. The van der Waals surface area contributed by atoms with E-state index in [0.717, 1.165) is 12.3 Å². The maximum Gasteiger partial charge on any atom is 0.340 e. The topological polar surface area (TPSA) is 50.2 Å². The molecule has 0 aliphatic carbocycles. The first-order valence-corrected chi connectivity index (χ1v) is 6.08. The van der Waals surface area contributed by atoms with Crippen LogP contribution >= 0.6 is 34.8 Å². The predicted molar refractivity (Wildman–Crippen MR) is 71.6 cm³/mol. The van der Waals surface area contributed by atoms with Gasteiger partial charge in [-0.2, -0.15) is 4.39 Å². The molecule has 0 spiro atoms. The van der Waals surface area contributed by atoms with Crippen molar-refractivity contribution >= 4 is 40.8 Å². The van der Waals surface area contributed by atoms with E-state index in [1.807, 2.05) is 0 Å². The van der Waals surface area contributed by atoms with E-state index in [-0.39, 0.29) is 20.6 Å². The Morgan fingerprint density at radius 2 is 1.84 bits per heavy atom. The van der Waals surface area contributed by atoms with E-state index >= 15 is 0 Å². The van der Waals surface area contributed by atoms with Gasteiger partial charge in [0.2, 0.25) is 5.95 Å². The van der Waals surface area contributed by atoms with Crippen LogP contribution in [-0.2, 0) is 0 Å². The summed E-state index contributed by atoms with van der Waals surface area (Å²) >= 11 is 17.9. The molecule has 1 aromatic carbocycles. The molecule has 98 valence electrons. The molecule has 2 aromatic rings. The minimum Gasteiger partial charge on any atom is -0.478 e. The number of hydrogen-bond acceptors (Lipinski definition) is 2. The molecule has 1 aromatic heterocycles. The zero-order valence-electron chi connectivity index (χ0n) is 9.12. The molecule has 1 heterocycles. The number of benzene rings is 1. The molecular formula is C12H5Cl3FNO2. The van der Waals surface area contributed by atoms with Gasteiger partial charge in [0.25, 0.3) is 0 Å². The third kappa shape index (κ3) is 2.66. The second-order valence-electron chi connectivity index (χ2n) is 3.59. The summed E-state index contributed by atoms with van der Waals surface area (Å²) in [6.07, 6.45) is 1.14. The SMILES string of the molecule is O=C(O)c1cc(-c2c(Cl)ccc(Cl)c2Cl)cnc1F. The number of aromatic carboxylic acids is 1. The lowest BCUT2D eigenvalue weighted by Gasteiger charge is -2.09. The summed E-state index contributed by atoms with van der Waals surface area (Å²) in [4.78, 5) is 14.3. The van der Waals surface area contributed by atoms with Crippen LogP contribution in [0.15, 0.2) is 24.4 Å². The Morgan fingerprint density at radius 1 is 1.21 bits per heavy atom. The van der Waals surface area contributed by atoms with E-state index in [4.69, 9.17) is 39.9 Å². The Labute approximate surface area is 122 Å². The Morgan fingerprint density at radius 3 is 2.47 bits per heavy atom. The lowest BCUT2D eigenvalue weighted by Crippen LogP contribution is -2.03. The third-order valence-electron chi connectivity index (χ3n) is 2.40. The zero-order valence-corrected chi connectivity index (χ0v) is 11.4. The van der Waals surface area contributed by atoms with Gasteiger partial charge in [-0.05, 0) is 18.2 Å². The van der Waals surface area contributed by atoms with Crippen LogP contribution in [0.3, 0.4) is 0 Å². The van der Waals surface area contributed by atoms with Crippen molar-refractivity contribution in [2.24, 2.45) is 0 Å². The monoisotopic (exact) mass is 319 g/mol. The van der Waals surface area contributed by atoms with Gasteiger partial charge in [0.05, 0.1) is 15.1 Å². The molecule has 0 radical (unpaired) electrons. The Kier molecular flexibility index (Phi) is 3.94. The lowest BCUT2D eigenvalue weighted by molar-refractivity contribution is 0.0691. The highest BCUT2D eigenvalue weighted by molar-refractivity contribution is 6.46. The summed E-state index contributed by atoms with van der Waals surface area (Å²) in [5, 5.41) is 9.53. The largest absolute Gasteiger partial charge is 0.478 e. The number of carboxylic acids is 1. The van der Waals surface area contributed by atoms with Crippen LogP contribution in [-0.4, -0.2) is 16.1 Å². The molecular weight excluding hydrogens is 315 g/mol. The van der Waals surface area contributed by atoms with E-state index in [9.17, 15) is 9.18 Å². The van der Waals surface area contributed by atoms with E-state index in [1.165, 1.54) is 12.1 Å². The van der Waals surface area contributed by atoms with Crippen LogP contribution in [0.4, 0.5) is 4.39 Å². The minimum atomic E-state index is -1.43. The van der Waals surface area contributed by atoms with Crippen molar-refractivity contribution in [2.45, 2.75) is 0 Å². The van der Waals surface area contributed by atoms with Crippen LogP contribution in [0.25, 0.3) is 11.1 Å².